The quantitative estimate of drug-likeness (QED) is 0.439. The molecular formula is C26H38N2O2. The van der Waals surface area contributed by atoms with Crippen LogP contribution in [0.2, 0.25) is 0 Å². The highest BCUT2D eigenvalue weighted by Gasteiger charge is 2.22. The van der Waals surface area contributed by atoms with Gasteiger partial charge in [-0.25, -0.2) is 0 Å². The molecule has 0 spiro atoms. The summed E-state index contributed by atoms with van der Waals surface area (Å²) in [5, 5.41) is 4.33. The molecule has 0 saturated carbocycles. The van der Waals surface area contributed by atoms with Gasteiger partial charge in [-0.15, -0.1) is 0 Å². The van der Waals surface area contributed by atoms with Gasteiger partial charge in [0.1, 0.15) is 6.61 Å². The van der Waals surface area contributed by atoms with Crippen LogP contribution in [0.4, 0.5) is 0 Å². The van der Waals surface area contributed by atoms with E-state index in [2.05, 4.69) is 47.0 Å². The Hall–Kier alpha value is -1.91. The number of methoxy groups -OCH3 is 1. The van der Waals surface area contributed by atoms with Crippen LogP contribution in [0.25, 0.3) is 0 Å². The number of nitrogens with zero attached hydrogens (tertiary/aromatic N) is 2. The molecule has 1 saturated heterocycles. The van der Waals surface area contributed by atoms with Crippen molar-refractivity contribution < 1.29 is 9.57 Å². The van der Waals surface area contributed by atoms with Crippen molar-refractivity contribution in [1.29, 1.82) is 0 Å². The van der Waals surface area contributed by atoms with E-state index >= 15 is 0 Å². The van der Waals surface area contributed by atoms with E-state index in [1.807, 2.05) is 6.92 Å². The SMILES string of the molecule is C=C(C)/C(=C\C=C1/CON=C1CCC1CCN(CC2=CCCC=C2)CC1)CCOC. The van der Waals surface area contributed by atoms with E-state index in [4.69, 9.17) is 9.57 Å². The maximum atomic E-state index is 5.41. The van der Waals surface area contributed by atoms with Crippen molar-refractivity contribution in [2.45, 2.75) is 51.9 Å². The summed E-state index contributed by atoms with van der Waals surface area (Å²) in [4.78, 5) is 8.02. The summed E-state index contributed by atoms with van der Waals surface area (Å²) in [6, 6.07) is 0. The molecular weight excluding hydrogens is 372 g/mol. The third-order valence-corrected chi connectivity index (χ3v) is 6.35. The first kappa shape index (κ1) is 22.8. The number of rotatable bonds is 10. The summed E-state index contributed by atoms with van der Waals surface area (Å²) in [6.45, 7) is 11.0. The lowest BCUT2D eigenvalue weighted by molar-refractivity contribution is 0.185. The first-order valence-electron chi connectivity index (χ1n) is 11.5. The molecule has 0 bridgehead atoms. The van der Waals surface area contributed by atoms with E-state index in [0.717, 1.165) is 36.6 Å². The molecule has 3 aliphatic rings. The van der Waals surface area contributed by atoms with Crippen molar-refractivity contribution in [1.82, 2.24) is 4.90 Å². The van der Waals surface area contributed by atoms with E-state index in [0.29, 0.717) is 13.2 Å². The van der Waals surface area contributed by atoms with Gasteiger partial charge in [0.2, 0.25) is 0 Å². The maximum Gasteiger partial charge on any atom is 0.144 e. The summed E-state index contributed by atoms with van der Waals surface area (Å²) < 4.78 is 5.21. The van der Waals surface area contributed by atoms with Gasteiger partial charge in [0.25, 0.3) is 0 Å². The lowest BCUT2D eigenvalue weighted by Crippen LogP contribution is -2.35. The van der Waals surface area contributed by atoms with Crippen molar-refractivity contribution >= 4 is 5.71 Å². The van der Waals surface area contributed by atoms with Crippen molar-refractivity contribution in [3.8, 4) is 0 Å². The molecule has 4 heteroatoms. The third kappa shape index (κ3) is 7.10. The topological polar surface area (TPSA) is 34.1 Å². The fourth-order valence-corrected chi connectivity index (χ4v) is 4.34. The van der Waals surface area contributed by atoms with Gasteiger partial charge in [0, 0.05) is 19.2 Å². The molecule has 1 fully saturated rings. The predicted octanol–water partition coefficient (Wildman–Crippen LogP) is 5.61. The van der Waals surface area contributed by atoms with Crippen LogP contribution >= 0.6 is 0 Å². The van der Waals surface area contributed by atoms with Crippen LogP contribution in [0, 0.1) is 5.92 Å². The fraction of sp³-hybridized carbons (Fsp3) is 0.577. The largest absolute Gasteiger partial charge is 0.391 e. The minimum atomic E-state index is 0.584. The van der Waals surface area contributed by atoms with Crippen LogP contribution in [0.5, 0.6) is 0 Å². The van der Waals surface area contributed by atoms with Crippen LogP contribution in [-0.2, 0) is 9.57 Å². The maximum absolute atomic E-state index is 5.41. The molecule has 0 unspecified atom stereocenters. The van der Waals surface area contributed by atoms with Gasteiger partial charge in [-0.2, -0.15) is 0 Å². The molecule has 0 N–H and O–H groups in total. The van der Waals surface area contributed by atoms with Crippen LogP contribution in [0.3, 0.4) is 0 Å². The zero-order valence-corrected chi connectivity index (χ0v) is 18.9. The highest BCUT2D eigenvalue weighted by atomic mass is 16.6. The second-order valence-electron chi connectivity index (χ2n) is 8.74. The summed E-state index contributed by atoms with van der Waals surface area (Å²) in [5.41, 5.74) is 6.15. The Morgan fingerprint density at radius 2 is 2.17 bits per heavy atom. The Labute approximate surface area is 182 Å². The molecule has 0 radical (unpaired) electrons. The number of hydrogen-bond donors (Lipinski definition) is 0. The average Bonchev–Trinajstić information content (AvgIpc) is 3.21. The second kappa shape index (κ2) is 12.1. The molecule has 164 valence electrons. The van der Waals surface area contributed by atoms with Gasteiger partial charge in [-0.1, -0.05) is 47.7 Å². The fourth-order valence-electron chi connectivity index (χ4n) is 4.34. The number of ether oxygens (including phenoxy) is 1. The van der Waals surface area contributed by atoms with E-state index < -0.39 is 0 Å². The highest BCUT2D eigenvalue weighted by molar-refractivity contribution is 6.01. The van der Waals surface area contributed by atoms with Gasteiger partial charge in [-0.3, -0.25) is 4.90 Å². The summed E-state index contributed by atoms with van der Waals surface area (Å²) >= 11 is 0. The van der Waals surface area contributed by atoms with E-state index in [1.54, 1.807) is 7.11 Å². The molecule has 30 heavy (non-hydrogen) atoms. The Kier molecular flexibility index (Phi) is 9.16. The van der Waals surface area contributed by atoms with E-state index in [1.165, 1.54) is 61.9 Å². The number of likely N-dealkylation sites (tertiary alicyclic amines) is 1. The minimum Gasteiger partial charge on any atom is -0.391 e. The smallest absolute Gasteiger partial charge is 0.144 e. The molecule has 1 aliphatic carbocycles. The lowest BCUT2D eigenvalue weighted by Gasteiger charge is -2.32. The first-order valence-corrected chi connectivity index (χ1v) is 11.5. The predicted molar refractivity (Wildman–Crippen MR) is 126 cm³/mol. The Morgan fingerprint density at radius 1 is 1.33 bits per heavy atom. The van der Waals surface area contributed by atoms with Crippen LogP contribution in [0.1, 0.15) is 51.9 Å². The Bertz CT molecular complexity index is 734. The zero-order valence-electron chi connectivity index (χ0n) is 18.9. The normalized spacial score (nSPS) is 22.2. The van der Waals surface area contributed by atoms with Crippen molar-refractivity contribution in [3.05, 3.63) is 59.3 Å². The van der Waals surface area contributed by atoms with Gasteiger partial charge in [0.05, 0.1) is 12.3 Å². The van der Waals surface area contributed by atoms with Crippen LogP contribution in [-0.4, -0.2) is 50.6 Å². The molecule has 2 heterocycles. The second-order valence-corrected chi connectivity index (χ2v) is 8.74. The Balaban J connectivity index is 1.44. The van der Waals surface area contributed by atoms with Crippen molar-refractivity contribution in [3.63, 3.8) is 0 Å². The third-order valence-electron chi connectivity index (χ3n) is 6.35. The number of oxime groups is 1. The van der Waals surface area contributed by atoms with Crippen molar-refractivity contribution in [2.24, 2.45) is 11.1 Å². The first-order chi connectivity index (χ1) is 14.7. The molecule has 4 nitrogen and oxygen atoms in total. The van der Waals surface area contributed by atoms with E-state index in [9.17, 15) is 0 Å². The van der Waals surface area contributed by atoms with Gasteiger partial charge in [-0.05, 0) is 82.0 Å². The molecule has 0 atom stereocenters. The minimum absolute atomic E-state index is 0.584. The molecule has 0 aromatic heterocycles. The molecule has 0 aromatic rings. The van der Waals surface area contributed by atoms with Gasteiger partial charge >= 0.3 is 0 Å². The number of hydrogen-bond acceptors (Lipinski definition) is 4. The van der Waals surface area contributed by atoms with Crippen LogP contribution < -0.4 is 0 Å². The highest BCUT2D eigenvalue weighted by Crippen LogP contribution is 2.25. The number of allylic oxidation sites excluding steroid dienone is 5. The number of piperidine rings is 1. The molecule has 2 aliphatic heterocycles. The van der Waals surface area contributed by atoms with Gasteiger partial charge < -0.3 is 9.57 Å². The van der Waals surface area contributed by atoms with Crippen LogP contribution in [0.15, 0.2) is 64.4 Å². The Morgan fingerprint density at radius 3 is 2.87 bits per heavy atom. The molecule has 0 aromatic carbocycles. The zero-order chi connectivity index (χ0) is 21.2. The molecule has 3 rings (SSSR count). The summed E-state index contributed by atoms with van der Waals surface area (Å²) in [7, 11) is 1.74. The van der Waals surface area contributed by atoms with E-state index in [-0.39, 0.29) is 0 Å². The summed E-state index contributed by atoms with van der Waals surface area (Å²) in [5.74, 6) is 0.796. The standard InChI is InChI=1S/C26H38N2O2/c1-21(2)24(15-18-29-3)10-11-25-20-30-27-26(25)12-9-22-13-16-28(17-14-22)19-23-7-5-4-6-8-23/h5,7-8,10-11,22H,1,4,6,9,12-20H2,2-3H3/b24-10-,25-11+. The molecule has 0 amide bonds. The average molecular weight is 411 g/mol. The van der Waals surface area contributed by atoms with Gasteiger partial charge in [0.15, 0.2) is 0 Å². The summed E-state index contributed by atoms with van der Waals surface area (Å²) in [6.07, 6.45) is 19.4. The monoisotopic (exact) mass is 410 g/mol. The van der Waals surface area contributed by atoms with Crippen molar-refractivity contribution in [2.75, 3.05) is 40.0 Å². The lowest BCUT2D eigenvalue weighted by atomic mass is 9.90.